The second-order valence-corrected chi connectivity index (χ2v) is 6.80. The van der Waals surface area contributed by atoms with Crippen LogP contribution in [-0.2, 0) is 0 Å². The molecular formula is C10H17P2+. The Kier molecular flexibility index (Phi) is 5.57. The molecule has 0 N–H and O–H groups in total. The summed E-state index contributed by atoms with van der Waals surface area (Å²) < 4.78 is 0. The lowest BCUT2D eigenvalue weighted by molar-refractivity contribution is 0.896. The Bertz CT molecular complexity index is 196. The zero-order chi connectivity index (χ0) is 8.65. The normalized spacial score (nSPS) is 12.1. The van der Waals surface area contributed by atoms with Gasteiger partial charge in [0, 0.05) is 13.6 Å². The maximum atomic E-state index is 2.27. The third-order valence-electron chi connectivity index (χ3n) is 1.74. The third kappa shape index (κ3) is 4.19. The number of benzene rings is 1. The summed E-state index contributed by atoms with van der Waals surface area (Å²) in [6.07, 6.45) is 4.26. The molecule has 12 heavy (non-hydrogen) atoms. The molecule has 0 spiro atoms. The van der Waals surface area contributed by atoms with Gasteiger partial charge in [0.1, 0.15) is 0 Å². The van der Waals surface area contributed by atoms with Crippen molar-refractivity contribution in [3.63, 3.8) is 0 Å². The van der Waals surface area contributed by atoms with E-state index < -0.39 is 0 Å². The van der Waals surface area contributed by atoms with Crippen molar-refractivity contribution in [3.8, 4) is 0 Å². The number of rotatable bonds is 5. The van der Waals surface area contributed by atoms with Gasteiger partial charge in [0.15, 0.2) is 0 Å². The van der Waals surface area contributed by atoms with Crippen molar-refractivity contribution in [1.29, 1.82) is 0 Å². The van der Waals surface area contributed by atoms with Crippen LogP contribution in [0.2, 0.25) is 0 Å². The summed E-state index contributed by atoms with van der Waals surface area (Å²) in [4.78, 5) is 0. The van der Waals surface area contributed by atoms with Crippen LogP contribution in [0.4, 0.5) is 0 Å². The van der Waals surface area contributed by atoms with E-state index in [4.69, 9.17) is 0 Å². The molecule has 0 heterocycles. The fourth-order valence-corrected chi connectivity index (χ4v) is 4.74. The molecule has 0 aliphatic rings. The van der Waals surface area contributed by atoms with Crippen molar-refractivity contribution in [2.45, 2.75) is 19.8 Å². The highest BCUT2D eigenvalue weighted by atomic mass is 32.0. The standard InChI is InChI=1S/C10H16P2/c1-2-3-9-11-12-10-7-5-4-6-8-10/h4-8,11-12H,2-3,9H2,1H3/p+1. The van der Waals surface area contributed by atoms with Gasteiger partial charge >= 0.3 is 0 Å². The second kappa shape index (κ2) is 6.58. The van der Waals surface area contributed by atoms with Crippen molar-refractivity contribution >= 4 is 21.8 Å². The molecule has 2 atom stereocenters. The Labute approximate surface area is 78.6 Å². The first-order valence-corrected chi connectivity index (χ1v) is 8.19. The minimum Gasteiger partial charge on any atom is -0.0652 e. The smallest absolute Gasteiger partial charge is 0.0652 e. The predicted octanol–water partition coefficient (Wildman–Crippen LogP) is 3.12. The van der Waals surface area contributed by atoms with Gasteiger partial charge in [-0.2, -0.15) is 0 Å². The Morgan fingerprint density at radius 1 is 1.25 bits per heavy atom. The maximum Gasteiger partial charge on any atom is 0.0679 e. The molecule has 1 rings (SSSR count). The molecule has 0 aliphatic carbocycles. The topological polar surface area (TPSA) is 0 Å². The van der Waals surface area contributed by atoms with Crippen LogP contribution in [0.5, 0.6) is 0 Å². The molecule has 0 bridgehead atoms. The molecule has 0 radical (unpaired) electrons. The minimum atomic E-state index is 0.687. The van der Waals surface area contributed by atoms with Crippen LogP contribution in [-0.4, -0.2) is 6.16 Å². The average molecular weight is 199 g/mol. The Morgan fingerprint density at radius 3 is 2.67 bits per heavy atom. The van der Waals surface area contributed by atoms with Crippen LogP contribution < -0.4 is 5.30 Å². The van der Waals surface area contributed by atoms with Crippen molar-refractivity contribution < 1.29 is 0 Å². The van der Waals surface area contributed by atoms with E-state index >= 15 is 0 Å². The summed E-state index contributed by atoms with van der Waals surface area (Å²) in [5.41, 5.74) is 0. The quantitative estimate of drug-likeness (QED) is 0.505. The van der Waals surface area contributed by atoms with Crippen LogP contribution in [0.1, 0.15) is 19.8 Å². The molecule has 1 aromatic rings. The molecule has 2 heteroatoms. The van der Waals surface area contributed by atoms with E-state index in [0.717, 1.165) is 8.27 Å². The fourth-order valence-electron chi connectivity index (χ4n) is 1.03. The SMILES string of the molecule is CCCC[PH2+]Pc1ccccc1. The summed E-state index contributed by atoms with van der Waals surface area (Å²) in [7, 11) is 1.78. The molecule has 66 valence electrons. The Balaban J connectivity index is 2.16. The first-order chi connectivity index (χ1) is 5.93. The van der Waals surface area contributed by atoms with Gasteiger partial charge in [-0.3, -0.25) is 0 Å². The second-order valence-electron chi connectivity index (χ2n) is 2.86. The first-order valence-electron chi connectivity index (χ1n) is 4.56. The molecular weight excluding hydrogens is 182 g/mol. The van der Waals surface area contributed by atoms with Crippen LogP contribution in [0.15, 0.2) is 30.3 Å². The first kappa shape index (κ1) is 10.2. The number of hydrogen-bond acceptors (Lipinski definition) is 0. The Morgan fingerprint density at radius 2 is 2.00 bits per heavy atom. The van der Waals surface area contributed by atoms with E-state index in [-0.39, 0.29) is 0 Å². The van der Waals surface area contributed by atoms with E-state index in [0.29, 0.717) is 8.27 Å². The van der Waals surface area contributed by atoms with Crippen molar-refractivity contribution in [2.24, 2.45) is 0 Å². The highest BCUT2D eigenvalue weighted by molar-refractivity contribution is 8.15. The van der Waals surface area contributed by atoms with Gasteiger partial charge in [0.05, 0.1) is 14.4 Å². The van der Waals surface area contributed by atoms with Crippen LogP contribution >= 0.6 is 16.5 Å². The van der Waals surface area contributed by atoms with Gasteiger partial charge in [-0.15, -0.1) is 0 Å². The number of hydrogen-bond donors (Lipinski definition) is 0. The summed E-state index contributed by atoms with van der Waals surface area (Å²) >= 11 is 0. The zero-order valence-electron chi connectivity index (χ0n) is 7.59. The lowest BCUT2D eigenvalue weighted by Gasteiger charge is -1.94. The summed E-state index contributed by atoms with van der Waals surface area (Å²) in [5, 5.41) is 1.55. The molecule has 0 amide bonds. The number of unbranched alkanes of at least 4 members (excludes halogenated alkanes) is 1. The fraction of sp³-hybridized carbons (Fsp3) is 0.400. The predicted molar refractivity (Wildman–Crippen MR) is 63.9 cm³/mol. The van der Waals surface area contributed by atoms with Gasteiger partial charge in [-0.05, 0) is 6.42 Å². The van der Waals surface area contributed by atoms with E-state index in [1.54, 1.807) is 5.30 Å². The molecule has 1 aromatic carbocycles. The summed E-state index contributed by atoms with van der Waals surface area (Å²) in [6, 6.07) is 10.9. The largest absolute Gasteiger partial charge is 0.0679 e. The van der Waals surface area contributed by atoms with Crippen molar-refractivity contribution in [1.82, 2.24) is 0 Å². The third-order valence-corrected chi connectivity index (χ3v) is 5.79. The molecule has 0 fully saturated rings. The average Bonchev–Trinajstić information content (AvgIpc) is 2.14. The van der Waals surface area contributed by atoms with Crippen molar-refractivity contribution in [3.05, 3.63) is 30.3 Å². The van der Waals surface area contributed by atoms with E-state index in [2.05, 4.69) is 37.3 Å². The van der Waals surface area contributed by atoms with Gasteiger partial charge in [0.25, 0.3) is 0 Å². The lowest BCUT2D eigenvalue weighted by atomic mass is 10.4. The van der Waals surface area contributed by atoms with Crippen LogP contribution in [0.3, 0.4) is 0 Å². The highest BCUT2D eigenvalue weighted by Crippen LogP contribution is 2.36. The molecule has 0 saturated carbocycles. The van der Waals surface area contributed by atoms with E-state index in [9.17, 15) is 0 Å². The molecule has 2 unspecified atom stereocenters. The van der Waals surface area contributed by atoms with Crippen molar-refractivity contribution in [2.75, 3.05) is 6.16 Å². The molecule has 0 aliphatic heterocycles. The monoisotopic (exact) mass is 199 g/mol. The summed E-state index contributed by atoms with van der Waals surface area (Å²) in [6.45, 7) is 2.27. The van der Waals surface area contributed by atoms with Crippen LogP contribution in [0.25, 0.3) is 0 Å². The lowest BCUT2D eigenvalue weighted by Crippen LogP contribution is -1.87. The van der Waals surface area contributed by atoms with Gasteiger partial charge in [0.2, 0.25) is 0 Å². The maximum absolute atomic E-state index is 2.27. The highest BCUT2D eigenvalue weighted by Gasteiger charge is 1.96. The van der Waals surface area contributed by atoms with E-state index in [1.807, 2.05) is 0 Å². The Hall–Kier alpha value is 0.0800. The van der Waals surface area contributed by atoms with Gasteiger partial charge in [-0.25, -0.2) is 0 Å². The summed E-state index contributed by atoms with van der Waals surface area (Å²) in [5.74, 6) is 0. The van der Waals surface area contributed by atoms with Crippen LogP contribution in [0, 0.1) is 0 Å². The minimum absolute atomic E-state index is 0.687. The molecule has 0 aromatic heterocycles. The van der Waals surface area contributed by atoms with Gasteiger partial charge in [-0.1, -0.05) is 43.7 Å². The molecule has 0 nitrogen and oxygen atoms in total. The zero-order valence-corrected chi connectivity index (χ0v) is 9.74. The van der Waals surface area contributed by atoms with Gasteiger partial charge < -0.3 is 0 Å². The van der Waals surface area contributed by atoms with E-state index in [1.165, 1.54) is 19.0 Å². The molecule has 0 saturated heterocycles.